The molecule has 1 aliphatic heterocycles. The average Bonchev–Trinajstić information content (AvgIpc) is 2.79. The van der Waals surface area contributed by atoms with Crippen molar-refractivity contribution in [3.05, 3.63) is 59.7 Å². The smallest absolute Gasteiger partial charge is 0.243 e. The minimum absolute atomic E-state index is 0.100. The van der Waals surface area contributed by atoms with Crippen LogP contribution < -0.4 is 10.1 Å². The van der Waals surface area contributed by atoms with Gasteiger partial charge in [0.2, 0.25) is 15.9 Å². The van der Waals surface area contributed by atoms with Crippen LogP contribution in [0.2, 0.25) is 0 Å². The van der Waals surface area contributed by atoms with Gasteiger partial charge in [0.15, 0.2) is 0 Å². The summed E-state index contributed by atoms with van der Waals surface area (Å²) in [5.41, 5.74) is 2.29. The molecule has 2 atom stereocenters. The maximum atomic E-state index is 13.0. The number of rotatable bonds is 7. The second kappa shape index (κ2) is 9.62. The van der Waals surface area contributed by atoms with Crippen LogP contribution in [0.1, 0.15) is 43.9 Å². The third-order valence-corrected chi connectivity index (χ3v) is 7.58. The third-order valence-electron chi connectivity index (χ3n) is 5.70. The molecule has 162 valence electrons. The first kappa shape index (κ1) is 22.3. The molecule has 1 heterocycles. The van der Waals surface area contributed by atoms with Gasteiger partial charge in [-0.3, -0.25) is 4.79 Å². The van der Waals surface area contributed by atoms with Crippen LogP contribution in [0.5, 0.6) is 5.75 Å². The number of sulfonamides is 1. The summed E-state index contributed by atoms with van der Waals surface area (Å²) in [5.74, 6) is 0.145. The van der Waals surface area contributed by atoms with Crippen molar-refractivity contribution in [1.29, 1.82) is 0 Å². The van der Waals surface area contributed by atoms with E-state index in [1.807, 2.05) is 19.1 Å². The normalized spacial score (nSPS) is 18.6. The molecule has 0 radical (unpaired) electrons. The number of nitrogens with zero attached hydrogens (tertiary/aromatic N) is 1. The standard InChI is InChI=1S/C23H30N2O4S/c1-4-18-7-9-19(10-8-18)17(2)24-23(26)20-6-5-15-25(16-20)30(27,28)22-13-11-21(29-3)12-14-22/h7-14,17,20H,4-6,15-16H2,1-3H3,(H,24,26)/t17-,20-/m1/s1. The first-order chi connectivity index (χ1) is 14.3. The molecule has 1 fully saturated rings. The van der Waals surface area contributed by atoms with Gasteiger partial charge in [0.05, 0.1) is 24.0 Å². The Morgan fingerprint density at radius 3 is 2.43 bits per heavy atom. The number of amides is 1. The van der Waals surface area contributed by atoms with Gasteiger partial charge in [0.25, 0.3) is 0 Å². The first-order valence-electron chi connectivity index (χ1n) is 10.4. The van der Waals surface area contributed by atoms with Crippen molar-refractivity contribution in [1.82, 2.24) is 9.62 Å². The Morgan fingerprint density at radius 1 is 1.17 bits per heavy atom. The van der Waals surface area contributed by atoms with Crippen LogP contribution in [-0.4, -0.2) is 38.8 Å². The summed E-state index contributed by atoms with van der Waals surface area (Å²) >= 11 is 0. The number of nitrogens with one attached hydrogen (secondary N) is 1. The summed E-state index contributed by atoms with van der Waals surface area (Å²) in [6, 6.07) is 14.4. The molecule has 1 saturated heterocycles. The number of benzene rings is 2. The van der Waals surface area contributed by atoms with Crippen molar-refractivity contribution in [2.24, 2.45) is 5.92 Å². The molecule has 1 amide bonds. The van der Waals surface area contributed by atoms with Crippen molar-refractivity contribution >= 4 is 15.9 Å². The van der Waals surface area contributed by atoms with E-state index in [2.05, 4.69) is 24.4 Å². The van der Waals surface area contributed by atoms with Gasteiger partial charge in [-0.05, 0) is 61.6 Å². The Morgan fingerprint density at radius 2 is 1.83 bits per heavy atom. The van der Waals surface area contributed by atoms with Gasteiger partial charge in [-0.25, -0.2) is 8.42 Å². The van der Waals surface area contributed by atoms with Gasteiger partial charge in [-0.2, -0.15) is 4.31 Å². The lowest BCUT2D eigenvalue weighted by molar-refractivity contribution is -0.126. The van der Waals surface area contributed by atoms with Crippen molar-refractivity contribution < 1.29 is 17.9 Å². The number of ether oxygens (including phenoxy) is 1. The molecule has 0 unspecified atom stereocenters. The lowest BCUT2D eigenvalue weighted by Crippen LogP contribution is -2.45. The fourth-order valence-electron chi connectivity index (χ4n) is 3.73. The number of piperidine rings is 1. The van der Waals surface area contributed by atoms with Crippen LogP contribution in [-0.2, 0) is 21.2 Å². The predicted octanol–water partition coefficient (Wildman–Crippen LogP) is 3.54. The molecule has 0 bridgehead atoms. The van der Waals surface area contributed by atoms with Gasteiger partial charge in [-0.15, -0.1) is 0 Å². The van der Waals surface area contributed by atoms with E-state index in [4.69, 9.17) is 4.74 Å². The molecule has 1 aliphatic rings. The number of hydrogen-bond donors (Lipinski definition) is 1. The molecular formula is C23H30N2O4S. The Labute approximate surface area is 179 Å². The molecule has 30 heavy (non-hydrogen) atoms. The van der Waals surface area contributed by atoms with Crippen molar-refractivity contribution in [3.8, 4) is 5.75 Å². The Hall–Kier alpha value is -2.38. The Bertz CT molecular complexity index is 956. The number of hydrogen-bond acceptors (Lipinski definition) is 4. The highest BCUT2D eigenvalue weighted by Gasteiger charge is 2.33. The zero-order valence-corrected chi connectivity index (χ0v) is 18.6. The second-order valence-electron chi connectivity index (χ2n) is 7.70. The van der Waals surface area contributed by atoms with E-state index < -0.39 is 10.0 Å². The highest BCUT2D eigenvalue weighted by Crippen LogP contribution is 2.26. The molecule has 3 rings (SSSR count). The second-order valence-corrected chi connectivity index (χ2v) is 9.64. The van der Waals surface area contributed by atoms with E-state index in [-0.39, 0.29) is 29.3 Å². The lowest BCUT2D eigenvalue weighted by Gasteiger charge is -2.32. The maximum absolute atomic E-state index is 13.0. The average molecular weight is 431 g/mol. The third kappa shape index (κ3) is 5.02. The molecule has 6 nitrogen and oxygen atoms in total. The Balaban J connectivity index is 1.66. The highest BCUT2D eigenvalue weighted by atomic mass is 32.2. The van der Waals surface area contributed by atoms with E-state index >= 15 is 0 Å². The van der Waals surface area contributed by atoms with E-state index in [0.29, 0.717) is 25.1 Å². The minimum atomic E-state index is -3.64. The molecule has 0 spiro atoms. The SMILES string of the molecule is CCc1ccc([C@@H](C)NC(=O)[C@@H]2CCCN(S(=O)(=O)c3ccc(OC)cc3)C2)cc1. The topological polar surface area (TPSA) is 75.7 Å². The number of aryl methyl sites for hydroxylation is 1. The Kier molecular flexibility index (Phi) is 7.15. The zero-order chi connectivity index (χ0) is 21.7. The van der Waals surface area contributed by atoms with E-state index in [1.54, 1.807) is 24.3 Å². The van der Waals surface area contributed by atoms with Crippen LogP contribution in [0.3, 0.4) is 0 Å². The molecule has 1 N–H and O–H groups in total. The summed E-state index contributed by atoms with van der Waals surface area (Å²) in [4.78, 5) is 13.1. The van der Waals surface area contributed by atoms with Gasteiger partial charge >= 0.3 is 0 Å². The predicted molar refractivity (Wildman–Crippen MR) is 117 cm³/mol. The summed E-state index contributed by atoms with van der Waals surface area (Å²) in [7, 11) is -2.11. The molecule has 2 aromatic carbocycles. The maximum Gasteiger partial charge on any atom is 0.243 e. The molecule has 2 aromatic rings. The van der Waals surface area contributed by atoms with E-state index in [9.17, 15) is 13.2 Å². The largest absolute Gasteiger partial charge is 0.497 e. The molecule has 0 aliphatic carbocycles. The monoisotopic (exact) mass is 430 g/mol. The number of methoxy groups -OCH3 is 1. The van der Waals surface area contributed by atoms with Crippen LogP contribution in [0, 0.1) is 5.92 Å². The summed E-state index contributed by atoms with van der Waals surface area (Å²) in [5, 5.41) is 3.05. The summed E-state index contributed by atoms with van der Waals surface area (Å²) in [6.45, 7) is 4.68. The first-order valence-corrected chi connectivity index (χ1v) is 11.8. The van der Waals surface area contributed by atoms with Crippen molar-refractivity contribution in [3.63, 3.8) is 0 Å². The van der Waals surface area contributed by atoms with Gasteiger partial charge < -0.3 is 10.1 Å². The fourth-order valence-corrected chi connectivity index (χ4v) is 5.25. The highest BCUT2D eigenvalue weighted by molar-refractivity contribution is 7.89. The van der Waals surface area contributed by atoms with Gasteiger partial charge in [-0.1, -0.05) is 31.2 Å². The molecule has 0 aromatic heterocycles. The zero-order valence-electron chi connectivity index (χ0n) is 17.8. The van der Waals surface area contributed by atoms with Crippen LogP contribution >= 0.6 is 0 Å². The van der Waals surface area contributed by atoms with Crippen LogP contribution in [0.15, 0.2) is 53.4 Å². The fraction of sp³-hybridized carbons (Fsp3) is 0.435. The quantitative estimate of drug-likeness (QED) is 0.729. The van der Waals surface area contributed by atoms with Gasteiger partial charge in [0, 0.05) is 13.1 Å². The number of carbonyl (C=O) groups excluding carboxylic acids is 1. The molecule has 7 heteroatoms. The van der Waals surface area contributed by atoms with E-state index in [0.717, 1.165) is 12.0 Å². The van der Waals surface area contributed by atoms with Crippen molar-refractivity contribution in [2.75, 3.05) is 20.2 Å². The lowest BCUT2D eigenvalue weighted by atomic mass is 9.97. The van der Waals surface area contributed by atoms with E-state index in [1.165, 1.54) is 17.0 Å². The summed E-state index contributed by atoms with van der Waals surface area (Å²) in [6.07, 6.45) is 2.32. The van der Waals surface area contributed by atoms with Crippen LogP contribution in [0.25, 0.3) is 0 Å². The van der Waals surface area contributed by atoms with Crippen LogP contribution in [0.4, 0.5) is 0 Å². The minimum Gasteiger partial charge on any atom is -0.497 e. The van der Waals surface area contributed by atoms with Crippen molar-refractivity contribution in [2.45, 2.75) is 44.0 Å². The summed E-state index contributed by atoms with van der Waals surface area (Å²) < 4.78 is 32.5. The molecule has 0 saturated carbocycles. The molecular weight excluding hydrogens is 400 g/mol. The number of carbonyl (C=O) groups is 1. The van der Waals surface area contributed by atoms with Gasteiger partial charge in [0.1, 0.15) is 5.75 Å².